The zero-order chi connectivity index (χ0) is 12.1. The van der Waals surface area contributed by atoms with Crippen molar-refractivity contribution in [3.63, 3.8) is 0 Å². The molecule has 0 fully saturated rings. The Balaban J connectivity index is 1.94. The Kier molecular flexibility index (Phi) is 3.74. The van der Waals surface area contributed by atoms with Crippen LogP contribution < -0.4 is 11.1 Å². The van der Waals surface area contributed by atoms with Crippen molar-refractivity contribution in [1.82, 2.24) is 9.97 Å². The molecule has 0 saturated carbocycles. The van der Waals surface area contributed by atoms with Crippen LogP contribution in [-0.4, -0.2) is 29.2 Å². The third kappa shape index (κ3) is 3.05. The van der Waals surface area contributed by atoms with Crippen molar-refractivity contribution in [1.29, 1.82) is 0 Å². The second kappa shape index (κ2) is 5.47. The number of rotatable bonds is 4. The van der Waals surface area contributed by atoms with E-state index in [0.29, 0.717) is 6.54 Å². The number of primary amides is 1. The molecule has 6 nitrogen and oxygen atoms in total. The number of nitrogens with one attached hydrogen (secondary N) is 1. The SMILES string of the molecule is NC(=O)OCCNc1ncnc2c1CCCC2. The van der Waals surface area contributed by atoms with Crippen molar-refractivity contribution in [2.75, 3.05) is 18.5 Å². The number of aryl methyl sites for hydroxylation is 1. The molecule has 0 saturated heterocycles. The normalized spacial score (nSPS) is 13.9. The Morgan fingerprint density at radius 3 is 3.06 bits per heavy atom. The minimum absolute atomic E-state index is 0.244. The van der Waals surface area contributed by atoms with Gasteiger partial charge in [-0.15, -0.1) is 0 Å². The Hall–Kier alpha value is -1.85. The highest BCUT2D eigenvalue weighted by Gasteiger charge is 2.14. The molecule has 0 aromatic carbocycles. The van der Waals surface area contributed by atoms with Crippen molar-refractivity contribution in [2.24, 2.45) is 5.73 Å². The van der Waals surface area contributed by atoms with Crippen LogP contribution in [0.25, 0.3) is 0 Å². The van der Waals surface area contributed by atoms with Crippen LogP contribution in [0.2, 0.25) is 0 Å². The molecule has 1 aromatic heterocycles. The van der Waals surface area contributed by atoms with Gasteiger partial charge in [0.15, 0.2) is 0 Å². The maximum absolute atomic E-state index is 10.4. The molecule has 1 aliphatic carbocycles. The fourth-order valence-corrected chi connectivity index (χ4v) is 1.99. The topological polar surface area (TPSA) is 90.1 Å². The largest absolute Gasteiger partial charge is 0.448 e. The zero-order valence-corrected chi connectivity index (χ0v) is 9.61. The molecule has 1 amide bonds. The molecule has 92 valence electrons. The van der Waals surface area contributed by atoms with Crippen LogP contribution in [0.3, 0.4) is 0 Å². The van der Waals surface area contributed by atoms with E-state index < -0.39 is 6.09 Å². The first-order valence-corrected chi connectivity index (χ1v) is 5.76. The summed E-state index contributed by atoms with van der Waals surface area (Å²) < 4.78 is 4.64. The molecular formula is C11H16N4O2. The number of carbonyl (C=O) groups excluding carboxylic acids is 1. The molecule has 0 aliphatic heterocycles. The van der Waals surface area contributed by atoms with Crippen molar-refractivity contribution >= 4 is 11.9 Å². The third-order valence-electron chi connectivity index (χ3n) is 2.76. The highest BCUT2D eigenvalue weighted by molar-refractivity contribution is 5.64. The van der Waals surface area contributed by atoms with Crippen LogP contribution in [0.15, 0.2) is 6.33 Å². The Bertz CT molecular complexity index is 408. The van der Waals surface area contributed by atoms with Gasteiger partial charge in [-0.25, -0.2) is 14.8 Å². The molecule has 0 atom stereocenters. The lowest BCUT2D eigenvalue weighted by Crippen LogP contribution is -2.20. The van der Waals surface area contributed by atoms with Gasteiger partial charge in [-0.2, -0.15) is 0 Å². The first-order valence-electron chi connectivity index (χ1n) is 5.76. The first kappa shape index (κ1) is 11.6. The molecule has 1 aromatic rings. The van der Waals surface area contributed by atoms with Gasteiger partial charge in [0.25, 0.3) is 0 Å². The van der Waals surface area contributed by atoms with Crippen LogP contribution in [0, 0.1) is 0 Å². The minimum atomic E-state index is -0.753. The summed E-state index contributed by atoms with van der Waals surface area (Å²) in [7, 11) is 0. The van der Waals surface area contributed by atoms with E-state index in [2.05, 4.69) is 20.0 Å². The van der Waals surface area contributed by atoms with Crippen molar-refractivity contribution in [3.8, 4) is 0 Å². The van der Waals surface area contributed by atoms with Gasteiger partial charge in [-0.3, -0.25) is 0 Å². The maximum atomic E-state index is 10.4. The van der Waals surface area contributed by atoms with E-state index >= 15 is 0 Å². The predicted molar refractivity (Wildman–Crippen MR) is 62.7 cm³/mol. The van der Waals surface area contributed by atoms with E-state index in [4.69, 9.17) is 5.73 Å². The summed E-state index contributed by atoms with van der Waals surface area (Å²) in [4.78, 5) is 18.9. The number of fused-ring (bicyclic) bond motifs is 1. The molecular weight excluding hydrogens is 220 g/mol. The number of hydrogen-bond donors (Lipinski definition) is 2. The summed E-state index contributed by atoms with van der Waals surface area (Å²) in [5.41, 5.74) is 7.19. The molecule has 6 heteroatoms. The molecule has 2 rings (SSSR count). The zero-order valence-electron chi connectivity index (χ0n) is 9.61. The van der Waals surface area contributed by atoms with Crippen LogP contribution >= 0.6 is 0 Å². The van der Waals surface area contributed by atoms with Gasteiger partial charge in [-0.05, 0) is 25.7 Å². The van der Waals surface area contributed by atoms with Crippen LogP contribution in [0.4, 0.5) is 10.6 Å². The number of anilines is 1. The second-order valence-corrected chi connectivity index (χ2v) is 3.95. The summed E-state index contributed by atoms with van der Waals surface area (Å²) in [6.45, 7) is 0.750. The molecule has 0 radical (unpaired) electrons. The number of aromatic nitrogens is 2. The van der Waals surface area contributed by atoms with Gasteiger partial charge >= 0.3 is 6.09 Å². The van der Waals surface area contributed by atoms with Crippen LogP contribution in [0.5, 0.6) is 0 Å². The van der Waals surface area contributed by atoms with Gasteiger partial charge in [-0.1, -0.05) is 0 Å². The number of nitrogens with zero attached hydrogens (tertiary/aromatic N) is 2. The van der Waals surface area contributed by atoms with Gasteiger partial charge in [0, 0.05) is 11.3 Å². The molecule has 0 unspecified atom stereocenters. The van der Waals surface area contributed by atoms with Gasteiger partial charge < -0.3 is 15.8 Å². The van der Waals surface area contributed by atoms with Crippen LogP contribution in [0.1, 0.15) is 24.1 Å². The number of amides is 1. The summed E-state index contributed by atoms with van der Waals surface area (Å²) in [6, 6.07) is 0. The standard InChI is InChI=1S/C11H16N4O2/c12-11(16)17-6-5-13-10-8-3-1-2-4-9(8)14-7-15-10/h7H,1-6H2,(H2,12,16)(H,13,14,15). The lowest BCUT2D eigenvalue weighted by molar-refractivity contribution is 0.161. The van der Waals surface area contributed by atoms with Gasteiger partial charge in [0.1, 0.15) is 18.8 Å². The van der Waals surface area contributed by atoms with E-state index in [0.717, 1.165) is 24.4 Å². The molecule has 1 aliphatic rings. The molecule has 0 spiro atoms. The monoisotopic (exact) mass is 236 g/mol. The number of nitrogens with two attached hydrogens (primary N) is 1. The Morgan fingerprint density at radius 2 is 2.24 bits per heavy atom. The highest BCUT2D eigenvalue weighted by Crippen LogP contribution is 2.23. The third-order valence-corrected chi connectivity index (χ3v) is 2.76. The average Bonchev–Trinajstić information content (AvgIpc) is 2.34. The second-order valence-electron chi connectivity index (χ2n) is 3.95. The predicted octanol–water partition coefficient (Wildman–Crippen LogP) is 0.863. The lowest BCUT2D eigenvalue weighted by Gasteiger charge is -2.17. The Labute approximate surface area is 99.6 Å². The fourth-order valence-electron chi connectivity index (χ4n) is 1.99. The van der Waals surface area contributed by atoms with E-state index in [-0.39, 0.29) is 6.61 Å². The number of ether oxygens (including phenoxy) is 1. The number of hydrogen-bond acceptors (Lipinski definition) is 5. The molecule has 0 bridgehead atoms. The van der Waals surface area contributed by atoms with Crippen molar-refractivity contribution in [3.05, 3.63) is 17.6 Å². The van der Waals surface area contributed by atoms with E-state index in [1.807, 2.05) is 0 Å². The summed E-state index contributed by atoms with van der Waals surface area (Å²) in [5.74, 6) is 0.850. The number of carbonyl (C=O) groups is 1. The van der Waals surface area contributed by atoms with E-state index in [1.165, 1.54) is 18.4 Å². The minimum Gasteiger partial charge on any atom is -0.448 e. The first-order chi connectivity index (χ1) is 8.27. The lowest BCUT2D eigenvalue weighted by atomic mass is 9.96. The average molecular weight is 236 g/mol. The summed E-state index contributed by atoms with van der Waals surface area (Å²) >= 11 is 0. The fraction of sp³-hybridized carbons (Fsp3) is 0.545. The highest BCUT2D eigenvalue weighted by atomic mass is 16.5. The van der Waals surface area contributed by atoms with Crippen molar-refractivity contribution in [2.45, 2.75) is 25.7 Å². The van der Waals surface area contributed by atoms with E-state index in [9.17, 15) is 4.79 Å². The maximum Gasteiger partial charge on any atom is 0.404 e. The van der Waals surface area contributed by atoms with Gasteiger partial charge in [0.2, 0.25) is 0 Å². The Morgan fingerprint density at radius 1 is 1.41 bits per heavy atom. The summed E-state index contributed by atoms with van der Waals surface area (Å²) in [5, 5.41) is 3.14. The van der Waals surface area contributed by atoms with Crippen molar-refractivity contribution < 1.29 is 9.53 Å². The molecule has 1 heterocycles. The smallest absolute Gasteiger partial charge is 0.404 e. The van der Waals surface area contributed by atoms with Gasteiger partial charge in [0.05, 0.1) is 6.54 Å². The summed E-state index contributed by atoms with van der Waals surface area (Å²) in [6.07, 6.45) is 5.21. The quantitative estimate of drug-likeness (QED) is 0.757. The van der Waals surface area contributed by atoms with E-state index in [1.54, 1.807) is 6.33 Å². The molecule has 17 heavy (non-hydrogen) atoms. The molecule has 3 N–H and O–H groups in total. The van der Waals surface area contributed by atoms with Crippen LogP contribution in [-0.2, 0) is 17.6 Å².